The third kappa shape index (κ3) is 3.62. The lowest BCUT2D eigenvalue weighted by Gasteiger charge is -2.02. The monoisotopic (exact) mass is 456 g/mol. The number of azo groups is 1. The molecule has 0 atom stereocenters. The summed E-state index contributed by atoms with van der Waals surface area (Å²) in [5.41, 5.74) is 1.89. The van der Waals surface area contributed by atoms with E-state index >= 15 is 0 Å². The van der Waals surface area contributed by atoms with Gasteiger partial charge < -0.3 is 15.4 Å². The normalized spacial score (nSPS) is 11.2. The van der Waals surface area contributed by atoms with Crippen LogP contribution in [0.2, 0.25) is 5.02 Å². The van der Waals surface area contributed by atoms with E-state index < -0.39 is 0 Å². The van der Waals surface area contributed by atoms with E-state index in [0.29, 0.717) is 10.7 Å². The van der Waals surface area contributed by atoms with E-state index in [9.17, 15) is 5.11 Å². The molecule has 116 valence electrons. The molecule has 2 aromatic carbocycles. The highest BCUT2D eigenvalue weighted by atomic mass is 127. The quantitative estimate of drug-likeness (QED) is 0.266. The maximum Gasteiger partial charge on any atom is 0.218 e. The zero-order valence-electron chi connectivity index (χ0n) is 11.5. The molecule has 3 rings (SSSR count). The largest absolute Gasteiger partial charge is 0.493 e. The maximum atomic E-state index is 10.0. The lowest BCUT2D eigenvalue weighted by Crippen LogP contribution is -2.04. The molecule has 5 nitrogen and oxygen atoms in total. The summed E-state index contributed by atoms with van der Waals surface area (Å²) in [5, 5.41) is 22.5. The van der Waals surface area contributed by atoms with E-state index in [1.807, 2.05) is 24.3 Å². The fraction of sp³-hybridized carbons (Fsp3) is 0. The molecule has 3 aromatic rings. The third-order valence-electron chi connectivity index (χ3n) is 3.05. The molecule has 0 aliphatic heterocycles. The second kappa shape index (κ2) is 6.81. The molecule has 0 aliphatic rings. The maximum absolute atomic E-state index is 10.0. The van der Waals surface area contributed by atoms with Crippen LogP contribution in [0, 0.1) is 3.57 Å². The van der Waals surface area contributed by atoms with Crippen molar-refractivity contribution >= 4 is 73.8 Å². The van der Waals surface area contributed by atoms with Crippen molar-refractivity contribution < 1.29 is 5.11 Å². The Hall–Kier alpha value is -1.71. The van der Waals surface area contributed by atoms with Crippen molar-refractivity contribution in [3.8, 4) is 5.88 Å². The molecular formula is C15H10ClIN4OS. The van der Waals surface area contributed by atoms with Crippen LogP contribution in [-0.2, 0) is 0 Å². The number of aromatic amines is 1. The van der Waals surface area contributed by atoms with Crippen molar-refractivity contribution in [2.75, 3.05) is 5.32 Å². The Kier molecular flexibility index (Phi) is 4.79. The second-order valence-electron chi connectivity index (χ2n) is 4.63. The first-order valence-electron chi connectivity index (χ1n) is 6.52. The first-order valence-corrected chi connectivity index (χ1v) is 8.38. The average Bonchev–Trinajstić information content (AvgIpc) is 2.82. The summed E-state index contributed by atoms with van der Waals surface area (Å²) in [6, 6.07) is 12.8. The number of aromatic hydroxyl groups is 1. The summed E-state index contributed by atoms with van der Waals surface area (Å²) in [6.07, 6.45) is 0. The van der Waals surface area contributed by atoms with Crippen LogP contribution in [0.5, 0.6) is 5.88 Å². The number of H-pyrrole nitrogens is 1. The molecule has 0 saturated carbocycles. The number of nitrogens with zero attached hydrogens (tertiary/aromatic N) is 2. The average molecular weight is 457 g/mol. The van der Waals surface area contributed by atoms with E-state index in [1.54, 1.807) is 18.2 Å². The van der Waals surface area contributed by atoms with Gasteiger partial charge >= 0.3 is 0 Å². The second-order valence-corrected chi connectivity index (χ2v) is 6.61. The van der Waals surface area contributed by atoms with Gasteiger partial charge in [-0.05, 0) is 59.1 Å². The number of thiocarbonyl (C=S) groups is 1. The van der Waals surface area contributed by atoms with Gasteiger partial charge in [0.15, 0.2) is 5.69 Å². The smallest absolute Gasteiger partial charge is 0.218 e. The summed E-state index contributed by atoms with van der Waals surface area (Å²) in [4.78, 5) is 2.89. The minimum Gasteiger partial charge on any atom is -0.493 e. The topological polar surface area (TPSA) is 72.8 Å². The van der Waals surface area contributed by atoms with Crippen LogP contribution in [0.15, 0.2) is 52.7 Å². The Morgan fingerprint density at radius 3 is 2.83 bits per heavy atom. The van der Waals surface area contributed by atoms with Crippen LogP contribution >= 0.6 is 46.4 Å². The molecule has 0 aliphatic carbocycles. The Morgan fingerprint density at radius 2 is 2.04 bits per heavy atom. The molecule has 1 heterocycles. The molecule has 0 bridgehead atoms. The molecule has 0 saturated heterocycles. The highest BCUT2D eigenvalue weighted by Gasteiger charge is 2.12. The summed E-state index contributed by atoms with van der Waals surface area (Å²) in [7, 11) is 0. The molecular weight excluding hydrogens is 447 g/mol. The van der Waals surface area contributed by atoms with E-state index in [2.05, 4.69) is 43.1 Å². The van der Waals surface area contributed by atoms with Gasteiger partial charge in [0, 0.05) is 19.7 Å². The lowest BCUT2D eigenvalue weighted by atomic mass is 10.2. The van der Waals surface area contributed by atoms with Crippen molar-refractivity contribution in [2.24, 2.45) is 10.2 Å². The lowest BCUT2D eigenvalue weighted by molar-refractivity contribution is 0.459. The number of rotatable bonds is 2. The van der Waals surface area contributed by atoms with E-state index in [0.717, 1.165) is 20.2 Å². The van der Waals surface area contributed by atoms with Crippen molar-refractivity contribution in [3.05, 3.63) is 51.1 Å². The third-order valence-corrected chi connectivity index (χ3v) is 4.37. The van der Waals surface area contributed by atoms with E-state index in [4.69, 9.17) is 23.8 Å². The molecule has 0 amide bonds. The Morgan fingerprint density at radius 1 is 1.26 bits per heavy atom. The standard InChI is InChI=1S/C15H10ClIN4OS/c16-8-3-1-4-9(7-8)18-15(23)21-20-13-10-5-2-6-11(17)12(10)19-14(13)22/h1-7,19,22H,(H,18,23). The number of hydrogen-bond donors (Lipinski definition) is 3. The Bertz CT molecular complexity index is 925. The van der Waals surface area contributed by atoms with E-state index in [-0.39, 0.29) is 11.0 Å². The summed E-state index contributed by atoms with van der Waals surface area (Å²) < 4.78 is 0.983. The molecule has 0 radical (unpaired) electrons. The first-order chi connectivity index (χ1) is 11.0. The van der Waals surface area contributed by atoms with Gasteiger partial charge in [-0.25, -0.2) is 0 Å². The van der Waals surface area contributed by atoms with Crippen molar-refractivity contribution in [3.63, 3.8) is 0 Å². The number of fused-ring (bicyclic) bond motifs is 1. The van der Waals surface area contributed by atoms with Gasteiger partial charge in [-0.1, -0.05) is 29.8 Å². The zero-order valence-corrected chi connectivity index (χ0v) is 15.3. The van der Waals surface area contributed by atoms with Crippen LogP contribution in [0.1, 0.15) is 0 Å². The van der Waals surface area contributed by atoms with Crippen LogP contribution in [-0.4, -0.2) is 15.2 Å². The number of hydrogen-bond acceptors (Lipinski definition) is 3. The van der Waals surface area contributed by atoms with Crippen molar-refractivity contribution in [1.82, 2.24) is 4.98 Å². The van der Waals surface area contributed by atoms with Gasteiger partial charge in [0.1, 0.15) is 0 Å². The van der Waals surface area contributed by atoms with Gasteiger partial charge in [-0.3, -0.25) is 0 Å². The number of anilines is 1. The highest BCUT2D eigenvalue weighted by molar-refractivity contribution is 14.1. The number of para-hydroxylation sites is 1. The van der Waals surface area contributed by atoms with Crippen molar-refractivity contribution in [2.45, 2.75) is 0 Å². The fourth-order valence-corrected chi connectivity index (χ4v) is 3.05. The van der Waals surface area contributed by atoms with Crippen LogP contribution in [0.25, 0.3) is 10.9 Å². The van der Waals surface area contributed by atoms with Crippen LogP contribution in [0.4, 0.5) is 11.4 Å². The molecule has 1 aromatic heterocycles. The number of nitrogens with one attached hydrogen (secondary N) is 2. The van der Waals surface area contributed by atoms with Gasteiger partial charge in [0.2, 0.25) is 11.0 Å². The molecule has 3 N–H and O–H groups in total. The summed E-state index contributed by atoms with van der Waals surface area (Å²) in [5.74, 6) is -0.0431. The predicted octanol–water partition coefficient (Wildman–Crippen LogP) is 5.61. The summed E-state index contributed by atoms with van der Waals surface area (Å²) >= 11 is 13.2. The number of halogens is 2. The van der Waals surface area contributed by atoms with E-state index in [1.165, 1.54) is 0 Å². The fourth-order valence-electron chi connectivity index (χ4n) is 2.07. The minimum atomic E-state index is -0.0431. The van der Waals surface area contributed by atoms with Gasteiger partial charge in [-0.2, -0.15) is 0 Å². The van der Waals surface area contributed by atoms with Gasteiger partial charge in [0.05, 0.1) is 5.52 Å². The molecule has 23 heavy (non-hydrogen) atoms. The molecule has 0 unspecified atom stereocenters. The SMILES string of the molecule is Oc1[nH]c2c(I)cccc2c1N=NC(=S)Nc1cccc(Cl)c1. The van der Waals surface area contributed by atoms with Gasteiger partial charge in [0.25, 0.3) is 0 Å². The number of aromatic nitrogens is 1. The minimum absolute atomic E-state index is 0.0431. The molecule has 8 heteroatoms. The molecule has 0 spiro atoms. The zero-order chi connectivity index (χ0) is 16.4. The van der Waals surface area contributed by atoms with Gasteiger partial charge in [-0.15, -0.1) is 10.2 Å². The highest BCUT2D eigenvalue weighted by Crippen LogP contribution is 2.37. The van der Waals surface area contributed by atoms with Crippen molar-refractivity contribution in [1.29, 1.82) is 0 Å². The van der Waals surface area contributed by atoms with Crippen LogP contribution < -0.4 is 5.32 Å². The Labute approximate surface area is 155 Å². The summed E-state index contributed by atoms with van der Waals surface area (Å²) in [6.45, 7) is 0. The molecule has 0 fully saturated rings. The predicted molar refractivity (Wildman–Crippen MR) is 105 cm³/mol. The Balaban J connectivity index is 1.84. The first kappa shape index (κ1) is 16.2. The van der Waals surface area contributed by atoms with Crippen LogP contribution in [0.3, 0.4) is 0 Å². The number of benzene rings is 2.